The number of nitrogens with zero attached hydrogens (tertiary/aromatic N) is 6. The first-order valence-electron chi connectivity index (χ1n) is 15.0. The highest BCUT2D eigenvalue weighted by Gasteiger charge is 2.34. The molecular formula is C34H39Cl3N8O2. The van der Waals surface area contributed by atoms with Crippen LogP contribution >= 0.6 is 37.2 Å². The fourth-order valence-corrected chi connectivity index (χ4v) is 6.12. The number of hydrogen-bond donors (Lipinski definition) is 2. The van der Waals surface area contributed by atoms with E-state index in [2.05, 4.69) is 52.3 Å². The van der Waals surface area contributed by atoms with Gasteiger partial charge in [0.05, 0.1) is 24.4 Å². The SMILES string of the molecule is CN(C)C(=O)C1CN(c2cccc(-c3ccc4nc(-c5cccnc5N)n(-c5ccc(C6(N)CCC6)cc5)c4n3)c2)CCO1.Cl.Cl.Cl. The first kappa shape index (κ1) is 35.9. The molecule has 7 rings (SSSR count). The van der Waals surface area contributed by atoms with Crippen LogP contribution in [0.25, 0.3) is 39.5 Å². The van der Waals surface area contributed by atoms with Crippen LogP contribution in [0.1, 0.15) is 24.8 Å². The van der Waals surface area contributed by atoms with Crippen LogP contribution in [0.4, 0.5) is 11.5 Å². The van der Waals surface area contributed by atoms with Gasteiger partial charge in [0.2, 0.25) is 0 Å². The van der Waals surface area contributed by atoms with Crippen LogP contribution in [-0.2, 0) is 15.1 Å². The fourth-order valence-electron chi connectivity index (χ4n) is 6.12. The van der Waals surface area contributed by atoms with Gasteiger partial charge in [0, 0.05) is 49.3 Å². The molecule has 47 heavy (non-hydrogen) atoms. The Bertz CT molecular complexity index is 1860. The molecule has 5 aromatic rings. The van der Waals surface area contributed by atoms with Crippen molar-refractivity contribution in [2.75, 3.05) is 44.4 Å². The molecule has 4 heterocycles. The second-order valence-electron chi connectivity index (χ2n) is 11.9. The number of pyridine rings is 2. The number of nitrogen functional groups attached to an aromatic ring is 1. The molecule has 1 aliphatic carbocycles. The number of halogens is 3. The average molecular weight is 698 g/mol. The van der Waals surface area contributed by atoms with E-state index in [1.54, 1.807) is 25.2 Å². The number of benzene rings is 2. The Morgan fingerprint density at radius 1 is 0.957 bits per heavy atom. The van der Waals surface area contributed by atoms with Crippen LogP contribution in [0, 0.1) is 0 Å². The van der Waals surface area contributed by atoms with Gasteiger partial charge in [0.1, 0.15) is 11.3 Å². The number of aromatic nitrogens is 4. The third kappa shape index (κ3) is 6.75. The summed E-state index contributed by atoms with van der Waals surface area (Å²) >= 11 is 0. The highest BCUT2D eigenvalue weighted by molar-refractivity contribution is 5.86. The van der Waals surface area contributed by atoms with Crippen LogP contribution in [0.3, 0.4) is 0 Å². The molecule has 1 saturated carbocycles. The van der Waals surface area contributed by atoms with E-state index < -0.39 is 6.10 Å². The highest BCUT2D eigenvalue weighted by Crippen LogP contribution is 2.39. The molecular weight excluding hydrogens is 659 g/mol. The average Bonchev–Trinajstić information content (AvgIpc) is 3.42. The first-order valence-corrected chi connectivity index (χ1v) is 15.0. The quantitative estimate of drug-likeness (QED) is 0.234. The van der Waals surface area contributed by atoms with Crippen molar-refractivity contribution in [3.63, 3.8) is 0 Å². The van der Waals surface area contributed by atoms with Crippen molar-refractivity contribution in [3.05, 3.63) is 84.6 Å². The summed E-state index contributed by atoms with van der Waals surface area (Å²) in [7, 11) is 3.51. The van der Waals surface area contributed by atoms with Crippen LogP contribution in [0.5, 0.6) is 0 Å². The standard InChI is InChI=1S/C34H36N8O2.3ClH/c1-40(2)33(43)29-21-41(18-19-44-29)25-7-3-6-22(20-25)27-13-14-28-32(38-27)42(31(39-28)26-8-4-17-37-30(26)35)24-11-9-23(10-12-24)34(36)15-5-16-34;;;/h3-4,6-14,17,20,29H,5,15-16,18-19,21,36H2,1-2H3,(H2,35,37);3*1H. The largest absolute Gasteiger partial charge is 0.383 e. The molecule has 3 aromatic heterocycles. The van der Waals surface area contributed by atoms with E-state index >= 15 is 0 Å². The minimum absolute atomic E-state index is 0. The van der Waals surface area contributed by atoms with E-state index in [9.17, 15) is 4.79 Å². The Balaban J connectivity index is 0.00000167. The number of likely N-dealkylation sites (N-methyl/N-ethyl adjacent to an activating group) is 1. The van der Waals surface area contributed by atoms with Crippen LogP contribution < -0.4 is 16.4 Å². The topological polar surface area (TPSA) is 128 Å². The number of morpholine rings is 1. The van der Waals surface area contributed by atoms with Crippen LogP contribution in [-0.4, -0.2) is 70.2 Å². The van der Waals surface area contributed by atoms with Crippen LogP contribution in [0.2, 0.25) is 0 Å². The number of carbonyl (C=O) groups excluding carboxylic acids is 1. The Labute approximate surface area is 292 Å². The Morgan fingerprint density at radius 3 is 2.40 bits per heavy atom. The lowest BCUT2D eigenvalue weighted by Crippen LogP contribution is -2.49. The van der Waals surface area contributed by atoms with Crippen molar-refractivity contribution >= 4 is 65.8 Å². The summed E-state index contributed by atoms with van der Waals surface area (Å²) in [6, 6.07) is 24.4. The van der Waals surface area contributed by atoms with E-state index in [1.165, 1.54) is 0 Å². The summed E-state index contributed by atoms with van der Waals surface area (Å²) in [6.45, 7) is 1.69. The zero-order valence-electron chi connectivity index (χ0n) is 26.2. The van der Waals surface area contributed by atoms with Gasteiger partial charge in [-0.1, -0.05) is 24.3 Å². The molecule has 1 unspecified atom stereocenters. The van der Waals surface area contributed by atoms with Gasteiger partial charge in [0.25, 0.3) is 5.91 Å². The molecule has 2 fully saturated rings. The van der Waals surface area contributed by atoms with Crippen molar-refractivity contribution in [1.29, 1.82) is 0 Å². The maximum Gasteiger partial charge on any atom is 0.253 e. The van der Waals surface area contributed by atoms with E-state index in [4.69, 9.17) is 26.2 Å². The van der Waals surface area contributed by atoms with Gasteiger partial charge >= 0.3 is 0 Å². The second kappa shape index (κ2) is 14.5. The zero-order chi connectivity index (χ0) is 30.4. The molecule has 0 radical (unpaired) electrons. The number of carbonyl (C=O) groups is 1. The predicted molar refractivity (Wildman–Crippen MR) is 194 cm³/mol. The molecule has 1 atom stereocenters. The number of nitrogens with two attached hydrogens (primary N) is 2. The normalized spacial score (nSPS) is 16.7. The van der Waals surface area contributed by atoms with Gasteiger partial charge in [0.15, 0.2) is 17.6 Å². The molecule has 248 valence electrons. The molecule has 1 aliphatic heterocycles. The lowest BCUT2D eigenvalue weighted by atomic mass is 9.73. The number of fused-ring (bicyclic) bond motifs is 1. The molecule has 10 nitrogen and oxygen atoms in total. The molecule has 2 aromatic carbocycles. The summed E-state index contributed by atoms with van der Waals surface area (Å²) in [4.78, 5) is 30.8. The number of ether oxygens (including phenoxy) is 1. The third-order valence-electron chi connectivity index (χ3n) is 8.82. The zero-order valence-corrected chi connectivity index (χ0v) is 28.7. The summed E-state index contributed by atoms with van der Waals surface area (Å²) in [5.74, 6) is 1.05. The van der Waals surface area contributed by atoms with Crippen molar-refractivity contribution in [2.24, 2.45) is 5.73 Å². The Morgan fingerprint density at radius 2 is 1.72 bits per heavy atom. The number of hydrogen-bond acceptors (Lipinski definition) is 8. The fraction of sp³-hybridized carbons (Fsp3) is 0.294. The maximum atomic E-state index is 12.6. The molecule has 0 spiro atoms. The molecule has 1 saturated heterocycles. The summed E-state index contributed by atoms with van der Waals surface area (Å²) < 4.78 is 7.82. The first-order chi connectivity index (χ1) is 21.3. The van der Waals surface area contributed by atoms with Crippen molar-refractivity contribution in [2.45, 2.75) is 30.9 Å². The molecule has 0 bridgehead atoms. The monoisotopic (exact) mass is 696 g/mol. The highest BCUT2D eigenvalue weighted by atomic mass is 35.5. The van der Waals surface area contributed by atoms with Gasteiger partial charge in [-0.25, -0.2) is 15.0 Å². The smallest absolute Gasteiger partial charge is 0.253 e. The number of amides is 1. The Hall–Kier alpha value is -3.93. The summed E-state index contributed by atoms with van der Waals surface area (Å²) in [6.07, 6.45) is 4.34. The third-order valence-corrected chi connectivity index (χ3v) is 8.82. The van der Waals surface area contributed by atoms with Gasteiger partial charge in [-0.05, 0) is 73.4 Å². The second-order valence-corrected chi connectivity index (χ2v) is 11.9. The molecule has 1 amide bonds. The van der Waals surface area contributed by atoms with Gasteiger partial charge in [-0.3, -0.25) is 9.36 Å². The van der Waals surface area contributed by atoms with Gasteiger partial charge in [-0.15, -0.1) is 37.2 Å². The minimum atomic E-state index is -0.491. The Kier molecular flexibility index (Phi) is 11.0. The molecule has 4 N–H and O–H groups in total. The van der Waals surface area contributed by atoms with Gasteiger partial charge in [-0.2, -0.15) is 0 Å². The van der Waals surface area contributed by atoms with E-state index in [0.717, 1.165) is 58.5 Å². The summed E-state index contributed by atoms with van der Waals surface area (Å²) in [5.41, 5.74) is 19.8. The summed E-state index contributed by atoms with van der Waals surface area (Å²) in [5, 5.41) is 0. The van der Waals surface area contributed by atoms with Gasteiger partial charge < -0.3 is 26.0 Å². The number of rotatable bonds is 6. The minimum Gasteiger partial charge on any atom is -0.383 e. The van der Waals surface area contributed by atoms with E-state index in [0.29, 0.717) is 37.0 Å². The van der Waals surface area contributed by atoms with Crippen LogP contribution in [0.15, 0.2) is 79.0 Å². The lowest BCUT2D eigenvalue weighted by molar-refractivity contribution is -0.141. The number of imidazole rings is 1. The molecule has 13 heteroatoms. The van der Waals surface area contributed by atoms with Crippen molar-refractivity contribution in [3.8, 4) is 28.3 Å². The van der Waals surface area contributed by atoms with E-state index in [1.807, 2.05) is 34.9 Å². The maximum absolute atomic E-state index is 12.6. The van der Waals surface area contributed by atoms with Crippen molar-refractivity contribution in [1.82, 2.24) is 24.4 Å². The molecule has 2 aliphatic rings. The predicted octanol–water partition coefficient (Wildman–Crippen LogP) is 5.63. The number of anilines is 2. The van der Waals surface area contributed by atoms with Crippen molar-refractivity contribution < 1.29 is 9.53 Å². The van der Waals surface area contributed by atoms with E-state index in [-0.39, 0.29) is 48.7 Å². The lowest BCUT2D eigenvalue weighted by Gasteiger charge is -2.38.